The van der Waals surface area contributed by atoms with Gasteiger partial charge in [0.2, 0.25) is 5.60 Å². The number of hydrogen-bond acceptors (Lipinski definition) is 5. The van der Waals surface area contributed by atoms with Gasteiger partial charge in [-0.25, -0.2) is 9.79 Å². The average molecular weight is 299 g/mol. The van der Waals surface area contributed by atoms with E-state index in [2.05, 4.69) is 15.5 Å². The topological polar surface area (TPSA) is 100 Å². The van der Waals surface area contributed by atoms with Crippen LogP contribution in [0.2, 0.25) is 0 Å². The van der Waals surface area contributed by atoms with E-state index in [0.29, 0.717) is 10.9 Å². The van der Waals surface area contributed by atoms with E-state index >= 15 is 0 Å². The molecule has 7 heteroatoms. The molecule has 0 saturated carbocycles. The van der Waals surface area contributed by atoms with E-state index in [1.54, 1.807) is 18.5 Å². The Kier molecular flexibility index (Phi) is 3.05. The van der Waals surface area contributed by atoms with Crippen molar-refractivity contribution in [3.05, 3.63) is 40.0 Å². The minimum Gasteiger partial charge on any atom is -0.478 e. The van der Waals surface area contributed by atoms with Gasteiger partial charge in [-0.1, -0.05) is 11.2 Å². The molecule has 1 aromatic carbocycles. The van der Waals surface area contributed by atoms with Gasteiger partial charge >= 0.3 is 5.97 Å². The first kappa shape index (κ1) is 14.0. The summed E-state index contributed by atoms with van der Waals surface area (Å²) in [4.78, 5) is 32.1. The second kappa shape index (κ2) is 4.80. The van der Waals surface area contributed by atoms with Crippen LogP contribution in [0.3, 0.4) is 0 Å². The van der Waals surface area contributed by atoms with E-state index in [-0.39, 0.29) is 5.71 Å². The van der Waals surface area contributed by atoms with E-state index in [9.17, 15) is 9.59 Å². The van der Waals surface area contributed by atoms with Gasteiger partial charge in [-0.3, -0.25) is 4.79 Å². The average Bonchev–Trinajstić information content (AvgIpc) is 2.81. The van der Waals surface area contributed by atoms with E-state index in [4.69, 9.17) is 9.94 Å². The molecule has 1 aromatic rings. The molecule has 7 nitrogen and oxygen atoms in total. The van der Waals surface area contributed by atoms with Crippen molar-refractivity contribution < 1.29 is 19.5 Å². The number of benzene rings is 1. The number of nitrogens with one attached hydrogen (secondary N) is 1. The van der Waals surface area contributed by atoms with Crippen LogP contribution in [-0.4, -0.2) is 28.3 Å². The lowest BCUT2D eigenvalue weighted by Gasteiger charge is -2.16. The number of nitrogens with zero attached hydrogens (tertiary/aromatic N) is 2. The van der Waals surface area contributed by atoms with Gasteiger partial charge in [0, 0.05) is 23.2 Å². The van der Waals surface area contributed by atoms with Crippen LogP contribution in [0.1, 0.15) is 25.0 Å². The summed E-state index contributed by atoms with van der Waals surface area (Å²) in [6.07, 6.45) is 5.39. The van der Waals surface area contributed by atoms with Crippen LogP contribution in [0.4, 0.5) is 0 Å². The summed E-state index contributed by atoms with van der Waals surface area (Å²) < 4.78 is 0. The highest BCUT2D eigenvalue weighted by Gasteiger charge is 2.31. The summed E-state index contributed by atoms with van der Waals surface area (Å²) in [7, 11) is 0. The molecule has 0 saturated heterocycles. The zero-order valence-corrected chi connectivity index (χ0v) is 12.0. The van der Waals surface area contributed by atoms with Gasteiger partial charge in [0.1, 0.15) is 0 Å². The van der Waals surface area contributed by atoms with Gasteiger partial charge < -0.3 is 15.3 Å². The summed E-state index contributed by atoms with van der Waals surface area (Å²) in [5.74, 6) is -1.72. The monoisotopic (exact) mass is 299 g/mol. The van der Waals surface area contributed by atoms with Crippen molar-refractivity contribution in [3.8, 4) is 0 Å². The molecule has 1 amide bonds. The highest BCUT2D eigenvalue weighted by Crippen LogP contribution is 2.12. The molecule has 0 atom stereocenters. The number of hydrogen-bond donors (Lipinski definition) is 2. The Morgan fingerprint density at radius 1 is 1.41 bits per heavy atom. The van der Waals surface area contributed by atoms with Crippen LogP contribution < -0.4 is 15.9 Å². The van der Waals surface area contributed by atoms with Crippen LogP contribution in [0, 0.1) is 0 Å². The number of carboxylic acids is 1. The second-order valence-electron chi connectivity index (χ2n) is 5.37. The summed E-state index contributed by atoms with van der Waals surface area (Å²) in [5.41, 5.74) is -0.0591. The molecule has 3 rings (SSSR count). The molecule has 0 radical (unpaired) electrons. The summed E-state index contributed by atoms with van der Waals surface area (Å²) in [5, 5.41) is 17.0. The van der Waals surface area contributed by atoms with E-state index < -0.39 is 17.5 Å². The lowest BCUT2D eigenvalue weighted by molar-refractivity contribution is -0.161. The zero-order chi connectivity index (χ0) is 15.9. The second-order valence-corrected chi connectivity index (χ2v) is 5.37. The molecule has 112 valence electrons. The normalized spacial score (nSPS) is 17.2. The molecule has 0 fully saturated rings. The van der Waals surface area contributed by atoms with Gasteiger partial charge in [0.05, 0.1) is 5.36 Å². The molecule has 0 bridgehead atoms. The van der Waals surface area contributed by atoms with E-state index in [1.165, 1.54) is 13.8 Å². The largest absolute Gasteiger partial charge is 0.478 e. The minimum absolute atomic E-state index is 0.00933. The molecule has 2 aliphatic rings. The number of fused-ring (bicyclic) bond motifs is 3. The number of amides is 1. The van der Waals surface area contributed by atoms with Crippen LogP contribution >= 0.6 is 0 Å². The predicted molar refractivity (Wildman–Crippen MR) is 78.2 cm³/mol. The molecule has 2 heterocycles. The van der Waals surface area contributed by atoms with Crippen molar-refractivity contribution in [3.63, 3.8) is 0 Å². The van der Waals surface area contributed by atoms with Crippen molar-refractivity contribution in [2.45, 2.75) is 19.4 Å². The number of carbonyl (C=O) groups is 2. The number of rotatable bonds is 3. The summed E-state index contributed by atoms with van der Waals surface area (Å²) in [6, 6.07) is 3.57. The van der Waals surface area contributed by atoms with Crippen LogP contribution in [0.25, 0.3) is 12.3 Å². The number of oxime groups is 1. The van der Waals surface area contributed by atoms with Crippen LogP contribution in [0.5, 0.6) is 0 Å². The van der Waals surface area contributed by atoms with Gasteiger partial charge in [-0.05, 0) is 31.6 Å². The first-order valence-electron chi connectivity index (χ1n) is 6.59. The molecule has 2 aliphatic heterocycles. The van der Waals surface area contributed by atoms with Gasteiger partial charge in [0.15, 0.2) is 5.71 Å². The number of carbonyl (C=O) groups excluding carboxylic acids is 1. The third kappa shape index (κ3) is 2.16. The lowest BCUT2D eigenvalue weighted by atomic mass is 10.0. The van der Waals surface area contributed by atoms with Crippen molar-refractivity contribution in [2.75, 3.05) is 0 Å². The Morgan fingerprint density at radius 2 is 2.18 bits per heavy atom. The minimum atomic E-state index is -1.53. The first-order valence-corrected chi connectivity index (χ1v) is 6.59. The maximum absolute atomic E-state index is 12.0. The third-order valence-electron chi connectivity index (χ3n) is 3.39. The highest BCUT2D eigenvalue weighted by molar-refractivity contribution is 6.47. The van der Waals surface area contributed by atoms with Crippen molar-refractivity contribution in [2.24, 2.45) is 10.1 Å². The molecule has 0 unspecified atom stereocenters. The Balaban J connectivity index is 2.07. The van der Waals surface area contributed by atoms with Gasteiger partial charge in [-0.2, -0.15) is 0 Å². The highest BCUT2D eigenvalue weighted by atomic mass is 16.7. The standard InChI is InChI=1S/C15H13N3O4/c1-15(2,14(20)21)22-18-12-9-4-3-8-5-6-16-7-10(8)11(9)17-13(12)19/h3-7,16H,1-2H3,(H,20,21). The fourth-order valence-electron chi connectivity index (χ4n) is 2.06. The fraction of sp³-hybridized carbons (Fsp3) is 0.200. The maximum Gasteiger partial charge on any atom is 0.350 e. The van der Waals surface area contributed by atoms with E-state index in [0.717, 1.165) is 10.8 Å². The smallest absolute Gasteiger partial charge is 0.350 e. The Labute approximate surface area is 125 Å². The molecule has 22 heavy (non-hydrogen) atoms. The molecule has 0 aromatic heterocycles. The molecular formula is C15H13N3O4. The molecular weight excluding hydrogens is 286 g/mol. The molecule has 0 aliphatic carbocycles. The van der Waals surface area contributed by atoms with Crippen molar-refractivity contribution in [1.82, 2.24) is 5.32 Å². The zero-order valence-electron chi connectivity index (χ0n) is 12.0. The maximum atomic E-state index is 12.0. The Hall–Kier alpha value is -2.96. The number of aliphatic carboxylic acids is 1. The summed E-state index contributed by atoms with van der Waals surface area (Å²) in [6.45, 7) is 2.71. The van der Waals surface area contributed by atoms with Gasteiger partial charge in [-0.15, -0.1) is 0 Å². The Bertz CT molecular complexity index is 866. The summed E-state index contributed by atoms with van der Waals surface area (Å²) >= 11 is 0. The van der Waals surface area contributed by atoms with Crippen molar-refractivity contribution in [1.29, 1.82) is 0 Å². The first-order chi connectivity index (χ1) is 10.4. The van der Waals surface area contributed by atoms with E-state index in [1.807, 2.05) is 12.1 Å². The van der Waals surface area contributed by atoms with Gasteiger partial charge in [0.25, 0.3) is 5.91 Å². The van der Waals surface area contributed by atoms with Crippen LogP contribution in [0.15, 0.2) is 28.5 Å². The van der Waals surface area contributed by atoms with Crippen molar-refractivity contribution >= 4 is 29.9 Å². The Morgan fingerprint density at radius 3 is 2.91 bits per heavy atom. The quantitative estimate of drug-likeness (QED) is 0.749. The fourth-order valence-corrected chi connectivity index (χ4v) is 2.06. The predicted octanol–water partition coefficient (Wildman–Crippen LogP) is -0.258. The number of carboxylic acid groups (broad SMARTS) is 1. The molecule has 0 spiro atoms. The van der Waals surface area contributed by atoms with Crippen LogP contribution in [-0.2, 0) is 14.4 Å². The third-order valence-corrected chi connectivity index (χ3v) is 3.39. The SMILES string of the molecule is CC(C)(ON=C1C(=O)N=c2c1ccc1c2=CNC=C1)C(=O)O. The molecule has 2 N–H and O–H groups in total. The lowest BCUT2D eigenvalue weighted by Crippen LogP contribution is -2.34.